The van der Waals surface area contributed by atoms with Gasteiger partial charge in [0, 0.05) is 22.4 Å². The second-order valence-electron chi connectivity index (χ2n) is 4.93. The molecular formula is C16H13BrN4O2S. The molecule has 0 aliphatic heterocycles. The minimum absolute atomic E-state index is 0.145. The molecule has 1 amide bonds. The van der Waals surface area contributed by atoms with Crippen molar-refractivity contribution in [3.05, 3.63) is 52.8 Å². The van der Waals surface area contributed by atoms with Crippen LogP contribution in [0.3, 0.4) is 0 Å². The summed E-state index contributed by atoms with van der Waals surface area (Å²) < 4.78 is 6.38. The van der Waals surface area contributed by atoms with E-state index in [0.717, 1.165) is 21.3 Å². The molecule has 0 spiro atoms. The smallest absolute Gasteiger partial charge is 0.277 e. The molecule has 2 heterocycles. The Morgan fingerprint density at radius 3 is 2.79 bits per heavy atom. The molecule has 0 atom stereocenters. The number of carbonyl (C=O) groups is 1. The molecule has 0 unspecified atom stereocenters. The second-order valence-corrected chi connectivity index (χ2v) is 6.71. The van der Waals surface area contributed by atoms with Gasteiger partial charge in [0.25, 0.3) is 5.22 Å². The summed E-state index contributed by atoms with van der Waals surface area (Å²) in [5, 5.41) is 11.1. The molecule has 6 nitrogen and oxygen atoms in total. The van der Waals surface area contributed by atoms with Gasteiger partial charge in [0.15, 0.2) is 0 Å². The lowest BCUT2D eigenvalue weighted by molar-refractivity contribution is -0.113. The zero-order chi connectivity index (χ0) is 16.9. The Hall–Kier alpha value is -2.19. The number of aromatic nitrogens is 3. The van der Waals surface area contributed by atoms with Gasteiger partial charge in [-0.3, -0.25) is 9.78 Å². The fourth-order valence-electron chi connectivity index (χ4n) is 1.91. The van der Waals surface area contributed by atoms with Crippen LogP contribution >= 0.6 is 27.7 Å². The van der Waals surface area contributed by atoms with Crippen molar-refractivity contribution in [1.82, 2.24) is 15.2 Å². The molecule has 1 aromatic carbocycles. The van der Waals surface area contributed by atoms with E-state index in [1.54, 1.807) is 24.5 Å². The molecule has 0 aliphatic rings. The maximum atomic E-state index is 12.0. The molecule has 2 aromatic heterocycles. The molecular weight excluding hydrogens is 392 g/mol. The highest BCUT2D eigenvalue weighted by Gasteiger charge is 2.12. The van der Waals surface area contributed by atoms with Gasteiger partial charge in [-0.2, -0.15) is 0 Å². The highest BCUT2D eigenvalue weighted by molar-refractivity contribution is 9.10. The van der Waals surface area contributed by atoms with Gasteiger partial charge in [-0.25, -0.2) is 0 Å². The minimum Gasteiger partial charge on any atom is -0.411 e. The van der Waals surface area contributed by atoms with Crippen LogP contribution < -0.4 is 5.32 Å². The van der Waals surface area contributed by atoms with E-state index in [-0.39, 0.29) is 11.7 Å². The summed E-state index contributed by atoms with van der Waals surface area (Å²) in [6.45, 7) is 1.99. The van der Waals surface area contributed by atoms with Crippen LogP contribution in [0.15, 0.2) is 56.8 Å². The van der Waals surface area contributed by atoms with Crippen LogP contribution in [0.25, 0.3) is 11.5 Å². The second kappa shape index (κ2) is 7.59. The summed E-state index contributed by atoms with van der Waals surface area (Å²) in [4.78, 5) is 16.0. The molecule has 122 valence electrons. The number of amides is 1. The molecule has 24 heavy (non-hydrogen) atoms. The van der Waals surface area contributed by atoms with E-state index in [9.17, 15) is 4.79 Å². The minimum atomic E-state index is -0.145. The number of nitrogens with zero attached hydrogens (tertiary/aromatic N) is 3. The maximum absolute atomic E-state index is 12.0. The topological polar surface area (TPSA) is 80.9 Å². The average molecular weight is 405 g/mol. The molecule has 0 bridgehead atoms. The standard InChI is InChI=1S/C16H13BrN4O2S/c1-10-2-3-13(12(17)8-10)19-14(22)9-24-16-21-20-15(23-16)11-4-6-18-7-5-11/h2-8H,9H2,1H3,(H,19,22). The lowest BCUT2D eigenvalue weighted by atomic mass is 10.2. The van der Waals surface area contributed by atoms with Crippen molar-refractivity contribution in [3.63, 3.8) is 0 Å². The molecule has 0 aliphatic carbocycles. The van der Waals surface area contributed by atoms with Crippen LogP contribution in [0.1, 0.15) is 5.56 Å². The van der Waals surface area contributed by atoms with Gasteiger partial charge in [-0.1, -0.05) is 17.8 Å². The van der Waals surface area contributed by atoms with Crippen LogP contribution in [0.2, 0.25) is 0 Å². The Balaban J connectivity index is 1.58. The van der Waals surface area contributed by atoms with Crippen LogP contribution in [-0.2, 0) is 4.79 Å². The van der Waals surface area contributed by atoms with Crippen LogP contribution in [0, 0.1) is 6.92 Å². The molecule has 0 fully saturated rings. The lowest BCUT2D eigenvalue weighted by Crippen LogP contribution is -2.14. The number of nitrogens with one attached hydrogen (secondary N) is 1. The first-order chi connectivity index (χ1) is 11.6. The molecule has 8 heteroatoms. The zero-order valence-electron chi connectivity index (χ0n) is 12.7. The van der Waals surface area contributed by atoms with Gasteiger partial charge in [0.1, 0.15) is 0 Å². The summed E-state index contributed by atoms with van der Waals surface area (Å²) in [5.74, 6) is 0.438. The third kappa shape index (κ3) is 4.21. The highest BCUT2D eigenvalue weighted by Crippen LogP contribution is 2.25. The highest BCUT2D eigenvalue weighted by atomic mass is 79.9. The number of pyridine rings is 1. The van der Waals surface area contributed by atoms with E-state index in [1.165, 1.54) is 11.8 Å². The summed E-state index contributed by atoms with van der Waals surface area (Å²) in [6.07, 6.45) is 3.30. The van der Waals surface area contributed by atoms with Crippen molar-refractivity contribution in [2.24, 2.45) is 0 Å². The molecule has 0 saturated carbocycles. The quantitative estimate of drug-likeness (QED) is 0.648. The normalized spacial score (nSPS) is 10.6. The Bertz CT molecular complexity index is 854. The molecule has 0 saturated heterocycles. The summed E-state index contributed by atoms with van der Waals surface area (Å²) in [7, 11) is 0. The Morgan fingerprint density at radius 2 is 2.04 bits per heavy atom. The number of halogens is 1. The lowest BCUT2D eigenvalue weighted by Gasteiger charge is -2.07. The van der Waals surface area contributed by atoms with E-state index >= 15 is 0 Å². The first kappa shape index (κ1) is 16.7. The van der Waals surface area contributed by atoms with Gasteiger partial charge in [0.05, 0.1) is 11.4 Å². The fourth-order valence-corrected chi connectivity index (χ4v) is 3.07. The maximum Gasteiger partial charge on any atom is 0.277 e. The summed E-state index contributed by atoms with van der Waals surface area (Å²) in [6, 6.07) is 9.30. The number of aryl methyl sites for hydroxylation is 1. The van der Waals surface area contributed by atoms with E-state index in [4.69, 9.17) is 4.42 Å². The third-order valence-electron chi connectivity index (χ3n) is 3.06. The Labute approximate surface area is 151 Å². The Kier molecular flexibility index (Phi) is 5.27. The van der Waals surface area contributed by atoms with Gasteiger partial charge in [-0.05, 0) is 52.7 Å². The number of benzene rings is 1. The number of hydrogen-bond acceptors (Lipinski definition) is 6. The van der Waals surface area contributed by atoms with E-state index in [0.29, 0.717) is 11.1 Å². The van der Waals surface area contributed by atoms with Crippen molar-refractivity contribution < 1.29 is 9.21 Å². The van der Waals surface area contributed by atoms with Gasteiger partial charge in [-0.15, -0.1) is 10.2 Å². The summed E-state index contributed by atoms with van der Waals surface area (Å²) in [5.41, 5.74) is 2.63. The van der Waals surface area contributed by atoms with Gasteiger partial charge < -0.3 is 9.73 Å². The zero-order valence-corrected chi connectivity index (χ0v) is 15.1. The number of rotatable bonds is 5. The molecule has 1 N–H and O–H groups in total. The number of hydrogen-bond donors (Lipinski definition) is 1. The van der Waals surface area contributed by atoms with Crippen molar-refractivity contribution >= 4 is 39.3 Å². The number of anilines is 1. The van der Waals surface area contributed by atoms with Gasteiger partial charge in [0.2, 0.25) is 11.8 Å². The Morgan fingerprint density at radius 1 is 1.25 bits per heavy atom. The number of carbonyl (C=O) groups excluding carboxylic acids is 1. The largest absolute Gasteiger partial charge is 0.411 e. The monoisotopic (exact) mass is 404 g/mol. The third-order valence-corrected chi connectivity index (χ3v) is 4.53. The van der Waals surface area contributed by atoms with Crippen molar-refractivity contribution in [2.75, 3.05) is 11.1 Å². The first-order valence-electron chi connectivity index (χ1n) is 7.04. The molecule has 3 aromatic rings. The first-order valence-corrected chi connectivity index (χ1v) is 8.82. The molecule has 0 radical (unpaired) electrons. The SMILES string of the molecule is Cc1ccc(NC(=O)CSc2nnc(-c3ccncc3)o2)c(Br)c1. The fraction of sp³-hybridized carbons (Fsp3) is 0.125. The van der Waals surface area contributed by atoms with Crippen molar-refractivity contribution in [3.8, 4) is 11.5 Å². The molecule has 3 rings (SSSR count). The van der Waals surface area contributed by atoms with E-state index in [1.807, 2.05) is 25.1 Å². The van der Waals surface area contributed by atoms with Gasteiger partial charge >= 0.3 is 0 Å². The average Bonchev–Trinajstić information content (AvgIpc) is 3.05. The van der Waals surface area contributed by atoms with Crippen LogP contribution in [0.5, 0.6) is 0 Å². The predicted octanol–water partition coefficient (Wildman–Crippen LogP) is 3.93. The van der Waals surface area contributed by atoms with Crippen molar-refractivity contribution in [1.29, 1.82) is 0 Å². The van der Waals surface area contributed by atoms with E-state index < -0.39 is 0 Å². The van der Waals surface area contributed by atoms with Crippen molar-refractivity contribution in [2.45, 2.75) is 12.1 Å². The summed E-state index contributed by atoms with van der Waals surface area (Å²) >= 11 is 4.62. The number of thioether (sulfide) groups is 1. The predicted molar refractivity (Wildman–Crippen MR) is 95.8 cm³/mol. The van der Waals surface area contributed by atoms with Crippen LogP contribution in [0.4, 0.5) is 5.69 Å². The van der Waals surface area contributed by atoms with Crippen LogP contribution in [-0.4, -0.2) is 26.8 Å². The van der Waals surface area contributed by atoms with E-state index in [2.05, 4.69) is 36.4 Å².